The molecule has 2 fully saturated rings. The van der Waals surface area contributed by atoms with E-state index in [4.69, 9.17) is 10.1 Å². The highest BCUT2D eigenvalue weighted by atomic mass is 32.2. The second kappa shape index (κ2) is 12.2. The fraction of sp³-hybridized carbons (Fsp3) is 0.667. The Bertz CT molecular complexity index is 749. The SMILES string of the molecule is COS(=O)(=O)c1ccc(C)cc1.N=C=NC(CN1CCOCC1)C1CCCCC1. The highest BCUT2D eigenvalue weighted by molar-refractivity contribution is 7.86. The molecule has 1 aliphatic heterocycles. The zero-order valence-corrected chi connectivity index (χ0v) is 18.3. The fourth-order valence-electron chi connectivity index (χ4n) is 3.75. The molecule has 1 atom stereocenters. The number of hydrogen-bond acceptors (Lipinski definition) is 7. The van der Waals surface area contributed by atoms with Crippen LogP contribution in [0, 0.1) is 18.3 Å². The maximum Gasteiger partial charge on any atom is 0.296 e. The molecular weight excluding hydrogens is 390 g/mol. The summed E-state index contributed by atoms with van der Waals surface area (Å²) in [5, 5.41) is 7.11. The van der Waals surface area contributed by atoms with Crippen LogP contribution in [-0.2, 0) is 19.0 Å². The Morgan fingerprint density at radius 3 is 2.38 bits per heavy atom. The summed E-state index contributed by atoms with van der Waals surface area (Å²) < 4.78 is 31.9. The molecule has 0 spiro atoms. The van der Waals surface area contributed by atoms with Crippen molar-refractivity contribution in [2.75, 3.05) is 40.0 Å². The third-order valence-corrected chi connectivity index (χ3v) is 6.79. The van der Waals surface area contributed by atoms with Gasteiger partial charge in [0, 0.05) is 19.6 Å². The summed E-state index contributed by atoms with van der Waals surface area (Å²) in [5.41, 5.74) is 1.02. The molecule has 162 valence electrons. The average molecular weight is 424 g/mol. The van der Waals surface area contributed by atoms with E-state index in [9.17, 15) is 8.42 Å². The molecule has 1 saturated heterocycles. The minimum Gasteiger partial charge on any atom is -0.379 e. The molecule has 3 rings (SSSR count). The maximum absolute atomic E-state index is 11.1. The lowest BCUT2D eigenvalue weighted by atomic mass is 9.84. The Morgan fingerprint density at radius 1 is 1.21 bits per heavy atom. The Kier molecular flexibility index (Phi) is 9.97. The minimum atomic E-state index is -3.51. The van der Waals surface area contributed by atoms with Gasteiger partial charge in [0.1, 0.15) is 0 Å². The number of nitrogens with zero attached hydrogens (tertiary/aromatic N) is 2. The Morgan fingerprint density at radius 2 is 1.83 bits per heavy atom. The predicted molar refractivity (Wildman–Crippen MR) is 113 cm³/mol. The van der Waals surface area contributed by atoms with Gasteiger partial charge in [-0.1, -0.05) is 37.0 Å². The fourth-order valence-corrected chi connectivity index (χ4v) is 4.41. The van der Waals surface area contributed by atoms with Gasteiger partial charge in [-0.15, -0.1) is 0 Å². The van der Waals surface area contributed by atoms with E-state index in [2.05, 4.69) is 20.1 Å². The van der Waals surface area contributed by atoms with Crippen LogP contribution in [-0.4, -0.2) is 65.3 Å². The van der Waals surface area contributed by atoms with Crippen LogP contribution in [0.5, 0.6) is 0 Å². The standard InChI is InChI=1S/C13H23N3O.C8H10O3S/c14-11-15-13(12-4-2-1-3-5-12)10-16-6-8-17-9-7-16;1-7-3-5-8(6-4-7)12(9,10)11-2/h12-14H,1-10H2;3-6H,1-2H3. The van der Waals surface area contributed by atoms with Gasteiger partial charge in [-0.05, 0) is 37.8 Å². The summed E-state index contributed by atoms with van der Waals surface area (Å²) in [5.74, 6) is 0.671. The van der Waals surface area contributed by atoms with Crippen molar-refractivity contribution < 1.29 is 17.3 Å². The summed E-state index contributed by atoms with van der Waals surface area (Å²) in [7, 11) is -2.37. The van der Waals surface area contributed by atoms with Gasteiger partial charge in [0.05, 0.1) is 37.3 Å². The van der Waals surface area contributed by atoms with E-state index in [1.54, 1.807) is 12.1 Å². The Balaban J connectivity index is 0.000000221. The number of aryl methyl sites for hydroxylation is 1. The molecule has 0 radical (unpaired) electrons. The van der Waals surface area contributed by atoms with Crippen molar-refractivity contribution in [2.45, 2.75) is 50.0 Å². The normalized spacial score (nSPS) is 19.5. The monoisotopic (exact) mass is 423 g/mol. The summed E-state index contributed by atoms with van der Waals surface area (Å²) in [6.07, 6.45) is 6.59. The van der Waals surface area contributed by atoms with Gasteiger partial charge in [0.25, 0.3) is 10.1 Å². The number of nitrogens with one attached hydrogen (secondary N) is 1. The van der Waals surface area contributed by atoms with Crippen LogP contribution in [0.15, 0.2) is 34.2 Å². The molecular formula is C21H33N3O4S. The van der Waals surface area contributed by atoms with Gasteiger partial charge in [-0.2, -0.15) is 8.42 Å². The van der Waals surface area contributed by atoms with E-state index >= 15 is 0 Å². The number of benzene rings is 1. The average Bonchev–Trinajstić information content (AvgIpc) is 2.76. The molecule has 0 bridgehead atoms. The molecule has 1 aliphatic carbocycles. The van der Waals surface area contributed by atoms with Crippen LogP contribution in [0.3, 0.4) is 0 Å². The zero-order valence-electron chi connectivity index (χ0n) is 17.5. The lowest BCUT2D eigenvalue weighted by molar-refractivity contribution is 0.0316. The van der Waals surface area contributed by atoms with Crippen molar-refractivity contribution in [3.63, 3.8) is 0 Å². The van der Waals surface area contributed by atoms with Crippen LogP contribution < -0.4 is 0 Å². The van der Waals surface area contributed by atoms with E-state index in [1.807, 2.05) is 6.92 Å². The van der Waals surface area contributed by atoms with E-state index in [0.29, 0.717) is 5.92 Å². The highest BCUT2D eigenvalue weighted by Gasteiger charge is 2.25. The lowest BCUT2D eigenvalue weighted by Crippen LogP contribution is -2.42. The van der Waals surface area contributed by atoms with Gasteiger partial charge >= 0.3 is 0 Å². The number of hydrogen-bond donors (Lipinski definition) is 1. The quantitative estimate of drug-likeness (QED) is 0.560. The summed E-state index contributed by atoms with van der Waals surface area (Å²) in [6, 6.07) is 9.06. The molecule has 1 unspecified atom stereocenters. The molecule has 0 amide bonds. The van der Waals surface area contributed by atoms with Gasteiger partial charge in [-0.25, -0.2) is 10.4 Å². The first kappa shape index (κ1) is 23.7. The van der Waals surface area contributed by atoms with Crippen LogP contribution in [0.4, 0.5) is 0 Å². The topological polar surface area (TPSA) is 92.0 Å². The predicted octanol–water partition coefficient (Wildman–Crippen LogP) is 3.35. The zero-order chi connectivity index (χ0) is 21.1. The molecule has 2 aliphatic rings. The number of rotatable bonds is 6. The van der Waals surface area contributed by atoms with Gasteiger partial charge in [0.2, 0.25) is 0 Å². The second-order valence-electron chi connectivity index (χ2n) is 7.55. The summed E-state index contributed by atoms with van der Waals surface area (Å²) >= 11 is 0. The van der Waals surface area contributed by atoms with Crippen molar-refractivity contribution in [2.24, 2.45) is 10.9 Å². The summed E-state index contributed by atoms with van der Waals surface area (Å²) in [6.45, 7) is 6.58. The largest absolute Gasteiger partial charge is 0.379 e. The molecule has 1 aromatic carbocycles. The molecule has 8 heteroatoms. The van der Waals surface area contributed by atoms with Crippen LogP contribution in [0.1, 0.15) is 37.7 Å². The van der Waals surface area contributed by atoms with E-state index in [1.165, 1.54) is 44.2 Å². The first-order chi connectivity index (χ1) is 14.0. The van der Waals surface area contributed by atoms with Crippen molar-refractivity contribution in [1.29, 1.82) is 5.41 Å². The molecule has 29 heavy (non-hydrogen) atoms. The summed E-state index contributed by atoms with van der Waals surface area (Å²) in [4.78, 5) is 6.89. The van der Waals surface area contributed by atoms with Crippen LogP contribution >= 0.6 is 0 Å². The van der Waals surface area contributed by atoms with E-state index < -0.39 is 10.1 Å². The van der Waals surface area contributed by atoms with Crippen LogP contribution in [0.25, 0.3) is 0 Å². The second-order valence-corrected chi connectivity index (χ2v) is 9.27. The van der Waals surface area contributed by atoms with Crippen molar-refractivity contribution >= 4 is 16.1 Å². The molecule has 1 heterocycles. The molecule has 7 nitrogen and oxygen atoms in total. The number of aliphatic imine (C=N–C) groups is 1. The maximum atomic E-state index is 11.1. The smallest absolute Gasteiger partial charge is 0.296 e. The third kappa shape index (κ3) is 7.99. The molecule has 1 aromatic rings. The third-order valence-electron chi connectivity index (χ3n) is 5.50. The lowest BCUT2D eigenvalue weighted by Gasteiger charge is -2.33. The van der Waals surface area contributed by atoms with E-state index in [-0.39, 0.29) is 10.9 Å². The van der Waals surface area contributed by atoms with Crippen LogP contribution in [0.2, 0.25) is 0 Å². The minimum absolute atomic E-state index is 0.190. The number of morpholine rings is 1. The Hall–Kier alpha value is -1.57. The van der Waals surface area contributed by atoms with Gasteiger partial charge in [0.15, 0.2) is 0 Å². The van der Waals surface area contributed by atoms with Crippen molar-refractivity contribution in [1.82, 2.24) is 4.90 Å². The van der Waals surface area contributed by atoms with Crippen molar-refractivity contribution in [3.8, 4) is 0 Å². The Labute approximate surface area is 174 Å². The molecule has 1 N–H and O–H groups in total. The highest BCUT2D eigenvalue weighted by Crippen LogP contribution is 2.28. The van der Waals surface area contributed by atoms with Crippen molar-refractivity contribution in [3.05, 3.63) is 29.8 Å². The molecule has 1 saturated carbocycles. The number of ether oxygens (including phenoxy) is 1. The van der Waals surface area contributed by atoms with Gasteiger partial charge < -0.3 is 4.74 Å². The first-order valence-corrected chi connectivity index (χ1v) is 11.7. The molecule has 0 aromatic heterocycles. The van der Waals surface area contributed by atoms with Gasteiger partial charge in [-0.3, -0.25) is 9.08 Å². The first-order valence-electron chi connectivity index (χ1n) is 10.2. The van der Waals surface area contributed by atoms with E-state index in [0.717, 1.165) is 45.5 Å².